The van der Waals surface area contributed by atoms with E-state index in [1.165, 1.54) is 6.07 Å². The van der Waals surface area contributed by atoms with Crippen molar-refractivity contribution in [3.05, 3.63) is 95.1 Å². The largest absolute Gasteiger partial charge is 0.490 e. The van der Waals surface area contributed by atoms with Crippen molar-refractivity contribution in [2.45, 2.75) is 31.7 Å². The molecule has 6 nitrogen and oxygen atoms in total. The Hall–Kier alpha value is -3.98. The van der Waals surface area contributed by atoms with Crippen LogP contribution < -0.4 is 25.8 Å². The zero-order valence-electron chi connectivity index (χ0n) is 20.9. The normalized spacial score (nSPS) is 14.4. The molecule has 5 N–H and O–H groups in total. The molecule has 38 heavy (non-hydrogen) atoms. The number of nitrogens with one attached hydrogen (secondary N) is 3. The third-order valence-corrected chi connectivity index (χ3v) is 6.14. The number of anilines is 1. The maximum atomic E-state index is 13.8. The number of rotatable bonds is 10. The average Bonchev–Trinajstić information content (AvgIpc) is 2.91. The third kappa shape index (κ3) is 7.52. The van der Waals surface area contributed by atoms with E-state index in [9.17, 15) is 13.2 Å². The number of hydrogen-bond acceptors (Lipinski definition) is 5. The lowest BCUT2D eigenvalue weighted by Crippen LogP contribution is -2.34. The van der Waals surface area contributed by atoms with Crippen molar-refractivity contribution in [2.24, 2.45) is 5.73 Å². The molecule has 200 valence electrons. The van der Waals surface area contributed by atoms with Crippen LogP contribution in [-0.2, 0) is 12.8 Å². The van der Waals surface area contributed by atoms with E-state index in [0.717, 1.165) is 24.7 Å². The molecule has 3 aromatic carbocycles. The Balaban J connectivity index is 1.44. The highest BCUT2D eigenvalue weighted by molar-refractivity contribution is 5.95. The van der Waals surface area contributed by atoms with Gasteiger partial charge < -0.3 is 25.8 Å². The fraction of sp³-hybridized carbons (Fsp3) is 0.276. The molecule has 9 heteroatoms. The topological polar surface area (TPSA) is 92.4 Å². The number of alkyl halides is 3. The Kier molecular flexibility index (Phi) is 8.91. The van der Waals surface area contributed by atoms with Crippen LogP contribution in [0.5, 0.6) is 11.5 Å². The van der Waals surface area contributed by atoms with E-state index < -0.39 is 11.7 Å². The number of piperidine rings is 1. The van der Waals surface area contributed by atoms with Crippen LogP contribution in [0.4, 0.5) is 18.9 Å². The smallest absolute Gasteiger partial charge is 0.420 e. The molecule has 3 aromatic rings. The second-order valence-electron chi connectivity index (χ2n) is 9.00. The Bertz CT molecular complexity index is 1260. The maximum absolute atomic E-state index is 13.8. The molecule has 1 fully saturated rings. The number of amidine groups is 1. The molecule has 0 radical (unpaired) electrons. The number of benzene rings is 3. The van der Waals surface area contributed by atoms with Crippen molar-refractivity contribution in [2.75, 3.05) is 25.0 Å². The van der Waals surface area contributed by atoms with Crippen LogP contribution in [0.2, 0.25) is 0 Å². The monoisotopic (exact) mass is 524 g/mol. The predicted molar refractivity (Wildman–Crippen MR) is 144 cm³/mol. The molecule has 4 rings (SSSR count). The second-order valence-corrected chi connectivity index (χ2v) is 9.00. The highest BCUT2D eigenvalue weighted by atomic mass is 19.4. The number of nitrogen functional groups attached to an aromatic ring is 1. The molecule has 1 heterocycles. The van der Waals surface area contributed by atoms with Gasteiger partial charge in [-0.1, -0.05) is 42.5 Å². The number of hydrogen-bond donors (Lipinski definition) is 4. The SMILES string of the molecule is N=C(N)c1ccc(OCc2ccccc2)c(/C=C/CNc2ccc(OC3CCNCC3)c(C(F)(F)F)c2)c1. The maximum Gasteiger partial charge on any atom is 0.420 e. The van der Waals surface area contributed by atoms with Crippen LogP contribution in [0, 0.1) is 5.41 Å². The summed E-state index contributed by atoms with van der Waals surface area (Å²) in [5.41, 5.74) is 7.44. The molecule has 1 aliphatic heterocycles. The summed E-state index contributed by atoms with van der Waals surface area (Å²) in [7, 11) is 0. The molecule has 0 aromatic heterocycles. The number of halogens is 3. The summed E-state index contributed by atoms with van der Waals surface area (Å²) >= 11 is 0. The van der Waals surface area contributed by atoms with Crippen LogP contribution >= 0.6 is 0 Å². The van der Waals surface area contributed by atoms with Crippen molar-refractivity contribution in [1.82, 2.24) is 5.32 Å². The van der Waals surface area contributed by atoms with Gasteiger partial charge in [0.2, 0.25) is 0 Å². The number of nitrogens with two attached hydrogens (primary N) is 1. The first kappa shape index (κ1) is 27.1. The summed E-state index contributed by atoms with van der Waals surface area (Å²) < 4.78 is 53.0. The van der Waals surface area contributed by atoms with E-state index >= 15 is 0 Å². The molecular formula is C29H31F3N4O2. The predicted octanol–water partition coefficient (Wildman–Crippen LogP) is 5.82. The van der Waals surface area contributed by atoms with Crippen LogP contribution in [0.15, 0.2) is 72.8 Å². The lowest BCUT2D eigenvalue weighted by Gasteiger charge is -2.25. The molecule has 0 aliphatic carbocycles. The molecule has 1 aliphatic rings. The van der Waals surface area contributed by atoms with Gasteiger partial charge in [-0.25, -0.2) is 0 Å². The fourth-order valence-electron chi connectivity index (χ4n) is 4.13. The molecule has 0 amide bonds. The van der Waals surface area contributed by atoms with E-state index in [4.69, 9.17) is 20.6 Å². The van der Waals surface area contributed by atoms with Crippen molar-refractivity contribution in [3.8, 4) is 11.5 Å². The Morgan fingerprint density at radius 3 is 2.47 bits per heavy atom. The molecule has 0 unspecified atom stereocenters. The van der Waals surface area contributed by atoms with Gasteiger partial charge in [-0.15, -0.1) is 0 Å². The van der Waals surface area contributed by atoms with E-state index in [1.54, 1.807) is 36.4 Å². The second kappa shape index (κ2) is 12.5. The molecule has 1 saturated heterocycles. The van der Waals surface area contributed by atoms with Gasteiger partial charge in [0.25, 0.3) is 0 Å². The quantitative estimate of drug-likeness (QED) is 0.198. The van der Waals surface area contributed by atoms with Crippen LogP contribution in [0.3, 0.4) is 0 Å². The minimum atomic E-state index is -4.53. The van der Waals surface area contributed by atoms with Gasteiger partial charge >= 0.3 is 6.18 Å². The van der Waals surface area contributed by atoms with Gasteiger partial charge in [0.15, 0.2) is 0 Å². The van der Waals surface area contributed by atoms with Crippen LogP contribution in [-0.4, -0.2) is 31.6 Å². The van der Waals surface area contributed by atoms with E-state index in [1.807, 2.05) is 30.3 Å². The zero-order valence-corrected chi connectivity index (χ0v) is 20.9. The highest BCUT2D eigenvalue weighted by Gasteiger charge is 2.35. The van der Waals surface area contributed by atoms with Gasteiger partial charge in [0.1, 0.15) is 30.0 Å². The number of ether oxygens (including phenoxy) is 2. The lowest BCUT2D eigenvalue weighted by atomic mass is 10.1. The molecule has 0 saturated carbocycles. The van der Waals surface area contributed by atoms with Gasteiger partial charge in [-0.05, 0) is 67.9 Å². The van der Waals surface area contributed by atoms with Crippen molar-refractivity contribution in [1.29, 1.82) is 5.41 Å². The minimum Gasteiger partial charge on any atom is -0.490 e. The van der Waals surface area contributed by atoms with Crippen LogP contribution in [0.25, 0.3) is 6.08 Å². The van der Waals surface area contributed by atoms with Gasteiger partial charge in [-0.3, -0.25) is 5.41 Å². The molecule has 0 spiro atoms. The Morgan fingerprint density at radius 1 is 1.03 bits per heavy atom. The van der Waals surface area contributed by atoms with Gasteiger partial charge in [0, 0.05) is 23.4 Å². The van der Waals surface area contributed by atoms with Crippen molar-refractivity contribution in [3.63, 3.8) is 0 Å². The fourth-order valence-corrected chi connectivity index (χ4v) is 4.13. The summed E-state index contributed by atoms with van der Waals surface area (Å²) in [6, 6.07) is 19.0. The lowest BCUT2D eigenvalue weighted by molar-refractivity contribution is -0.139. The molecule has 0 atom stereocenters. The van der Waals surface area contributed by atoms with Gasteiger partial charge in [-0.2, -0.15) is 13.2 Å². The van der Waals surface area contributed by atoms with Crippen LogP contribution in [0.1, 0.15) is 35.1 Å². The average molecular weight is 525 g/mol. The van der Waals surface area contributed by atoms with E-state index in [2.05, 4.69) is 10.6 Å². The van der Waals surface area contributed by atoms with Crippen molar-refractivity contribution < 1.29 is 22.6 Å². The van der Waals surface area contributed by atoms with E-state index in [-0.39, 0.29) is 24.2 Å². The Labute approximate surface area is 220 Å². The summed E-state index contributed by atoms with van der Waals surface area (Å²) in [4.78, 5) is 0. The first-order chi connectivity index (χ1) is 18.3. The summed E-state index contributed by atoms with van der Waals surface area (Å²) in [5, 5.41) is 13.9. The van der Waals surface area contributed by atoms with Crippen molar-refractivity contribution >= 4 is 17.6 Å². The molecular weight excluding hydrogens is 493 g/mol. The minimum absolute atomic E-state index is 0.0705. The summed E-state index contributed by atoms with van der Waals surface area (Å²) in [5.74, 6) is 0.388. The summed E-state index contributed by atoms with van der Waals surface area (Å²) in [6.07, 6.45) is 0.144. The first-order valence-electron chi connectivity index (χ1n) is 12.4. The van der Waals surface area contributed by atoms with E-state index in [0.29, 0.717) is 42.0 Å². The third-order valence-electron chi connectivity index (χ3n) is 6.14. The zero-order chi connectivity index (χ0) is 27.0. The standard InChI is InChI=1S/C29H31F3N4O2/c30-29(31,32)25-18-23(9-11-27(25)38-24-12-15-35-16-13-24)36-14-4-7-21-17-22(28(33)34)8-10-26(21)37-19-20-5-2-1-3-6-20/h1-11,17-18,24,35-36H,12-16,19H2,(H3,33,34)/b7-4+. The van der Waals surface area contributed by atoms with Gasteiger partial charge in [0.05, 0.1) is 5.56 Å². The summed E-state index contributed by atoms with van der Waals surface area (Å²) in [6.45, 7) is 2.10. The Morgan fingerprint density at radius 2 is 1.76 bits per heavy atom. The highest BCUT2D eigenvalue weighted by Crippen LogP contribution is 2.38. The molecule has 0 bridgehead atoms. The first-order valence-corrected chi connectivity index (χ1v) is 12.4.